The van der Waals surface area contributed by atoms with Crippen LogP contribution in [0.1, 0.15) is 17.3 Å². The molecule has 0 saturated carbocycles. The predicted octanol–water partition coefficient (Wildman–Crippen LogP) is -0.455. The zero-order valence-corrected chi connectivity index (χ0v) is 11.0. The van der Waals surface area contributed by atoms with Crippen molar-refractivity contribution >= 4 is 17.6 Å². The van der Waals surface area contributed by atoms with Crippen LogP contribution in [0.5, 0.6) is 0 Å². The first kappa shape index (κ1) is 14.9. The van der Waals surface area contributed by atoms with Gasteiger partial charge in [-0.3, -0.25) is 9.59 Å². The lowest BCUT2D eigenvalue weighted by Crippen LogP contribution is -2.45. The normalized spacial score (nSPS) is 11.7. The second-order valence-corrected chi connectivity index (χ2v) is 3.92. The Balaban J connectivity index is 2.52. The minimum absolute atomic E-state index is 0.131. The molecule has 2 amide bonds. The van der Waals surface area contributed by atoms with Gasteiger partial charge in [-0.05, 0) is 19.1 Å². The van der Waals surface area contributed by atoms with E-state index in [2.05, 4.69) is 15.6 Å². The van der Waals surface area contributed by atoms with Gasteiger partial charge in [-0.2, -0.15) is 0 Å². The number of nitrogens with one attached hydrogen (secondary N) is 2. The summed E-state index contributed by atoms with van der Waals surface area (Å²) in [5.74, 6) is -0.583. The lowest BCUT2D eigenvalue weighted by atomic mass is 10.2. The molecule has 4 N–H and O–H groups in total. The van der Waals surface area contributed by atoms with Gasteiger partial charge in [0.1, 0.15) is 11.9 Å². The number of aromatic nitrogens is 1. The van der Waals surface area contributed by atoms with Crippen LogP contribution < -0.4 is 16.4 Å². The monoisotopic (exact) mass is 266 g/mol. The molecular weight excluding hydrogens is 248 g/mol. The average Bonchev–Trinajstić information content (AvgIpc) is 2.39. The molecule has 0 aromatic carbocycles. The van der Waals surface area contributed by atoms with E-state index in [0.717, 1.165) is 0 Å². The summed E-state index contributed by atoms with van der Waals surface area (Å²) in [4.78, 5) is 27.3. The largest absolute Gasteiger partial charge is 0.383 e. The fourth-order valence-corrected chi connectivity index (χ4v) is 1.38. The first-order chi connectivity index (χ1) is 9.06. The number of pyridine rings is 1. The van der Waals surface area contributed by atoms with E-state index in [1.807, 2.05) is 0 Å². The van der Waals surface area contributed by atoms with Crippen LogP contribution in [0, 0.1) is 0 Å². The summed E-state index contributed by atoms with van der Waals surface area (Å²) in [5, 5.41) is 5.18. The fraction of sp³-hybridized carbons (Fsp3) is 0.417. The second-order valence-electron chi connectivity index (χ2n) is 3.92. The number of anilines is 1. The fourth-order valence-electron chi connectivity index (χ4n) is 1.38. The molecular formula is C12H18N4O3. The Bertz CT molecular complexity index is 450. The smallest absolute Gasteiger partial charge is 0.255 e. The predicted molar refractivity (Wildman–Crippen MR) is 70.5 cm³/mol. The number of rotatable bonds is 6. The van der Waals surface area contributed by atoms with Crippen molar-refractivity contribution in [1.82, 2.24) is 15.6 Å². The van der Waals surface area contributed by atoms with Gasteiger partial charge in [-0.25, -0.2) is 4.98 Å². The Kier molecular flexibility index (Phi) is 5.74. The quantitative estimate of drug-likeness (QED) is 0.604. The van der Waals surface area contributed by atoms with Gasteiger partial charge in [0.25, 0.3) is 5.91 Å². The van der Waals surface area contributed by atoms with E-state index in [9.17, 15) is 9.59 Å². The van der Waals surface area contributed by atoms with Gasteiger partial charge in [0.15, 0.2) is 0 Å². The third kappa shape index (κ3) is 4.55. The molecule has 0 bridgehead atoms. The number of nitrogen functional groups attached to an aromatic ring is 1. The number of hydrogen-bond acceptors (Lipinski definition) is 5. The van der Waals surface area contributed by atoms with Crippen LogP contribution in [0.3, 0.4) is 0 Å². The summed E-state index contributed by atoms with van der Waals surface area (Å²) in [6.07, 6.45) is 1.49. The van der Waals surface area contributed by atoms with Crippen LogP contribution in [0.2, 0.25) is 0 Å². The van der Waals surface area contributed by atoms with Gasteiger partial charge in [-0.1, -0.05) is 0 Å². The molecule has 0 aliphatic carbocycles. The highest BCUT2D eigenvalue weighted by Crippen LogP contribution is 2.06. The Labute approximate surface area is 111 Å². The third-order valence-electron chi connectivity index (χ3n) is 2.43. The molecule has 1 aromatic rings. The summed E-state index contributed by atoms with van der Waals surface area (Å²) in [5.41, 5.74) is 5.83. The molecule has 0 saturated heterocycles. The zero-order valence-electron chi connectivity index (χ0n) is 11.0. The van der Waals surface area contributed by atoms with E-state index in [1.165, 1.54) is 6.20 Å². The van der Waals surface area contributed by atoms with Crippen molar-refractivity contribution in [2.75, 3.05) is 26.0 Å². The zero-order chi connectivity index (χ0) is 14.3. The van der Waals surface area contributed by atoms with E-state index in [4.69, 9.17) is 10.5 Å². The Hall–Kier alpha value is -2.15. The second kappa shape index (κ2) is 7.32. The number of nitrogens with two attached hydrogens (primary N) is 1. The average molecular weight is 266 g/mol. The van der Waals surface area contributed by atoms with Crippen molar-refractivity contribution in [2.24, 2.45) is 0 Å². The summed E-state index contributed by atoms with van der Waals surface area (Å²) >= 11 is 0. The van der Waals surface area contributed by atoms with E-state index < -0.39 is 11.9 Å². The summed E-state index contributed by atoms with van der Waals surface area (Å²) in [6.45, 7) is 2.40. The van der Waals surface area contributed by atoms with E-state index in [-0.39, 0.29) is 17.3 Å². The Morgan fingerprint density at radius 1 is 1.53 bits per heavy atom. The molecule has 0 aliphatic heterocycles. The van der Waals surface area contributed by atoms with Crippen LogP contribution >= 0.6 is 0 Å². The van der Waals surface area contributed by atoms with Crippen LogP contribution in [0.4, 0.5) is 5.82 Å². The Morgan fingerprint density at radius 3 is 2.89 bits per heavy atom. The SMILES string of the molecule is COCCNC(=O)C(C)NC(=O)c1cccnc1N. The molecule has 1 atom stereocenters. The molecule has 0 aliphatic rings. The van der Waals surface area contributed by atoms with Crippen molar-refractivity contribution in [3.8, 4) is 0 Å². The van der Waals surface area contributed by atoms with E-state index in [1.54, 1.807) is 26.2 Å². The lowest BCUT2D eigenvalue weighted by molar-refractivity contribution is -0.122. The molecule has 0 fully saturated rings. The summed E-state index contributed by atoms with van der Waals surface area (Å²) in [7, 11) is 1.54. The molecule has 7 heteroatoms. The summed E-state index contributed by atoms with van der Waals surface area (Å²) in [6, 6.07) is 2.49. The molecule has 1 aromatic heterocycles. The molecule has 1 heterocycles. The van der Waals surface area contributed by atoms with Gasteiger partial charge in [0.05, 0.1) is 12.2 Å². The van der Waals surface area contributed by atoms with Crippen molar-refractivity contribution in [2.45, 2.75) is 13.0 Å². The molecule has 104 valence electrons. The number of amides is 2. The van der Waals surface area contributed by atoms with Crippen LogP contribution in [-0.4, -0.2) is 43.1 Å². The van der Waals surface area contributed by atoms with Crippen molar-refractivity contribution in [1.29, 1.82) is 0 Å². The molecule has 0 radical (unpaired) electrons. The molecule has 0 spiro atoms. The highest BCUT2D eigenvalue weighted by atomic mass is 16.5. The van der Waals surface area contributed by atoms with Crippen LogP contribution in [0.25, 0.3) is 0 Å². The maximum Gasteiger partial charge on any atom is 0.255 e. The lowest BCUT2D eigenvalue weighted by Gasteiger charge is -2.14. The molecule has 1 rings (SSSR count). The highest BCUT2D eigenvalue weighted by Gasteiger charge is 2.17. The van der Waals surface area contributed by atoms with Crippen molar-refractivity contribution < 1.29 is 14.3 Å². The Morgan fingerprint density at radius 2 is 2.26 bits per heavy atom. The minimum Gasteiger partial charge on any atom is -0.383 e. The number of ether oxygens (including phenoxy) is 1. The maximum atomic E-state index is 11.9. The molecule has 1 unspecified atom stereocenters. The van der Waals surface area contributed by atoms with Gasteiger partial charge in [-0.15, -0.1) is 0 Å². The summed E-state index contributed by atoms with van der Waals surface area (Å²) < 4.78 is 4.81. The first-order valence-electron chi connectivity index (χ1n) is 5.84. The highest BCUT2D eigenvalue weighted by molar-refractivity contribution is 6.00. The number of nitrogens with zero attached hydrogens (tertiary/aromatic N) is 1. The third-order valence-corrected chi connectivity index (χ3v) is 2.43. The minimum atomic E-state index is -0.663. The van der Waals surface area contributed by atoms with Crippen molar-refractivity contribution in [3.05, 3.63) is 23.9 Å². The van der Waals surface area contributed by atoms with Crippen LogP contribution in [0.15, 0.2) is 18.3 Å². The number of carbonyl (C=O) groups excluding carboxylic acids is 2. The van der Waals surface area contributed by atoms with Gasteiger partial charge >= 0.3 is 0 Å². The molecule has 7 nitrogen and oxygen atoms in total. The van der Waals surface area contributed by atoms with E-state index >= 15 is 0 Å². The van der Waals surface area contributed by atoms with Crippen LogP contribution in [-0.2, 0) is 9.53 Å². The maximum absolute atomic E-state index is 11.9. The number of methoxy groups -OCH3 is 1. The van der Waals surface area contributed by atoms with E-state index in [0.29, 0.717) is 13.2 Å². The standard InChI is InChI=1S/C12H18N4O3/c1-8(11(17)15-6-7-19-2)16-12(18)9-4-3-5-14-10(9)13/h3-5,8H,6-7H2,1-2H3,(H2,13,14)(H,15,17)(H,16,18). The van der Waals surface area contributed by atoms with Gasteiger partial charge in [0, 0.05) is 19.9 Å². The number of hydrogen-bond donors (Lipinski definition) is 3. The topological polar surface area (TPSA) is 106 Å². The molecule has 19 heavy (non-hydrogen) atoms. The van der Waals surface area contributed by atoms with Crippen molar-refractivity contribution in [3.63, 3.8) is 0 Å². The number of carbonyl (C=O) groups is 2. The first-order valence-corrected chi connectivity index (χ1v) is 5.84. The van der Waals surface area contributed by atoms with Gasteiger partial charge in [0.2, 0.25) is 5.91 Å². The van der Waals surface area contributed by atoms with Gasteiger partial charge < -0.3 is 21.1 Å².